The number of benzene rings is 2. The molecular formula is C22H28N2O2. The predicted octanol–water partition coefficient (Wildman–Crippen LogP) is 3.00. The van der Waals surface area contributed by atoms with Crippen LogP contribution in [0.15, 0.2) is 60.7 Å². The van der Waals surface area contributed by atoms with Gasteiger partial charge in [-0.15, -0.1) is 0 Å². The monoisotopic (exact) mass is 352 g/mol. The molecule has 3 rings (SSSR count). The van der Waals surface area contributed by atoms with Gasteiger partial charge in [0.1, 0.15) is 0 Å². The van der Waals surface area contributed by atoms with Gasteiger partial charge in [0.05, 0.1) is 6.61 Å². The van der Waals surface area contributed by atoms with Crippen LogP contribution in [0.3, 0.4) is 0 Å². The van der Waals surface area contributed by atoms with E-state index in [1.165, 1.54) is 11.1 Å². The molecule has 1 aliphatic heterocycles. The fourth-order valence-corrected chi connectivity index (χ4v) is 3.56. The second-order valence-electron chi connectivity index (χ2n) is 6.80. The van der Waals surface area contributed by atoms with E-state index in [1.54, 1.807) is 7.11 Å². The van der Waals surface area contributed by atoms with Gasteiger partial charge >= 0.3 is 0 Å². The first kappa shape index (κ1) is 18.6. The molecule has 2 aromatic rings. The number of carbonyl (C=O) groups is 1. The summed E-state index contributed by atoms with van der Waals surface area (Å²) in [6, 6.07) is 21.3. The number of ether oxygens (including phenoxy) is 1. The van der Waals surface area contributed by atoms with Crippen LogP contribution in [0.4, 0.5) is 0 Å². The molecule has 0 spiro atoms. The van der Waals surface area contributed by atoms with Gasteiger partial charge in [0.15, 0.2) is 0 Å². The summed E-state index contributed by atoms with van der Waals surface area (Å²) in [6.07, 6.45) is 0.583. The number of methoxy groups -OCH3 is 1. The maximum atomic E-state index is 12.3. The Morgan fingerprint density at radius 2 is 1.54 bits per heavy atom. The Kier molecular flexibility index (Phi) is 6.81. The molecule has 4 nitrogen and oxygen atoms in total. The summed E-state index contributed by atoms with van der Waals surface area (Å²) in [6.45, 7) is 4.72. The molecule has 0 atom stereocenters. The largest absolute Gasteiger partial charge is 0.383 e. The highest BCUT2D eigenvalue weighted by molar-refractivity contribution is 5.76. The lowest BCUT2D eigenvalue weighted by molar-refractivity contribution is -0.130. The van der Waals surface area contributed by atoms with Crippen molar-refractivity contribution >= 4 is 5.91 Å². The Hall–Kier alpha value is -2.17. The third-order valence-corrected chi connectivity index (χ3v) is 5.09. The van der Waals surface area contributed by atoms with Crippen LogP contribution in [0.1, 0.15) is 23.5 Å². The van der Waals surface area contributed by atoms with Crippen molar-refractivity contribution in [1.82, 2.24) is 9.80 Å². The minimum Gasteiger partial charge on any atom is -0.383 e. The van der Waals surface area contributed by atoms with E-state index in [0.29, 0.717) is 25.5 Å². The third kappa shape index (κ3) is 4.93. The molecule has 1 fully saturated rings. The van der Waals surface area contributed by atoms with Crippen LogP contribution in [0.25, 0.3) is 0 Å². The molecule has 138 valence electrons. The van der Waals surface area contributed by atoms with Gasteiger partial charge in [0, 0.05) is 52.2 Å². The lowest BCUT2D eigenvalue weighted by Crippen LogP contribution is -2.36. The van der Waals surface area contributed by atoms with Crippen LogP contribution in [-0.4, -0.2) is 62.1 Å². The van der Waals surface area contributed by atoms with Gasteiger partial charge in [-0.05, 0) is 11.1 Å². The van der Waals surface area contributed by atoms with Crippen molar-refractivity contribution in [3.05, 3.63) is 71.8 Å². The zero-order chi connectivity index (χ0) is 18.2. The van der Waals surface area contributed by atoms with Crippen LogP contribution < -0.4 is 0 Å². The first-order chi connectivity index (χ1) is 12.8. The minimum absolute atomic E-state index is 0.237. The van der Waals surface area contributed by atoms with Gasteiger partial charge in [-0.2, -0.15) is 0 Å². The van der Waals surface area contributed by atoms with Gasteiger partial charge in [0.2, 0.25) is 5.91 Å². The highest BCUT2D eigenvalue weighted by Crippen LogP contribution is 2.26. The van der Waals surface area contributed by atoms with E-state index >= 15 is 0 Å². The van der Waals surface area contributed by atoms with Gasteiger partial charge in [0.25, 0.3) is 0 Å². The zero-order valence-corrected chi connectivity index (χ0v) is 15.5. The average molecular weight is 352 g/mol. The number of hydrogen-bond acceptors (Lipinski definition) is 3. The Morgan fingerprint density at radius 1 is 0.923 bits per heavy atom. The highest BCUT2D eigenvalue weighted by Gasteiger charge is 2.24. The molecule has 0 radical (unpaired) electrons. The topological polar surface area (TPSA) is 32.8 Å². The van der Waals surface area contributed by atoms with E-state index in [0.717, 1.165) is 26.2 Å². The molecule has 1 heterocycles. The van der Waals surface area contributed by atoms with Gasteiger partial charge in [-0.1, -0.05) is 60.7 Å². The summed E-state index contributed by atoms with van der Waals surface area (Å²) < 4.78 is 5.13. The molecule has 0 N–H and O–H groups in total. The zero-order valence-electron chi connectivity index (χ0n) is 15.5. The molecule has 26 heavy (non-hydrogen) atoms. The molecule has 1 saturated heterocycles. The molecule has 0 aliphatic carbocycles. The van der Waals surface area contributed by atoms with Gasteiger partial charge in [-0.25, -0.2) is 0 Å². The summed E-state index contributed by atoms with van der Waals surface area (Å²) in [5.41, 5.74) is 2.65. The third-order valence-electron chi connectivity index (χ3n) is 5.09. The van der Waals surface area contributed by atoms with E-state index in [2.05, 4.69) is 65.6 Å². The molecule has 2 aromatic carbocycles. The number of amides is 1. The summed E-state index contributed by atoms with van der Waals surface area (Å²) in [4.78, 5) is 16.7. The van der Waals surface area contributed by atoms with Crippen LogP contribution in [0.2, 0.25) is 0 Å². The van der Waals surface area contributed by atoms with Crippen LogP contribution in [-0.2, 0) is 9.53 Å². The Labute approximate surface area is 156 Å². The molecule has 0 unspecified atom stereocenters. The molecule has 4 heteroatoms. The molecular weight excluding hydrogens is 324 g/mol. The van der Waals surface area contributed by atoms with Crippen LogP contribution in [0.5, 0.6) is 0 Å². The fourth-order valence-electron chi connectivity index (χ4n) is 3.56. The average Bonchev–Trinajstić information content (AvgIpc) is 2.87. The van der Waals surface area contributed by atoms with E-state index < -0.39 is 0 Å². The smallest absolute Gasteiger partial charge is 0.223 e. The van der Waals surface area contributed by atoms with Crippen LogP contribution in [0, 0.1) is 0 Å². The van der Waals surface area contributed by atoms with E-state index in [1.807, 2.05) is 4.90 Å². The maximum absolute atomic E-state index is 12.3. The van der Waals surface area contributed by atoms with Crippen molar-refractivity contribution in [2.45, 2.75) is 12.3 Å². The van der Waals surface area contributed by atoms with Crippen molar-refractivity contribution < 1.29 is 9.53 Å². The lowest BCUT2D eigenvalue weighted by Gasteiger charge is -2.27. The second kappa shape index (κ2) is 9.51. The van der Waals surface area contributed by atoms with Crippen molar-refractivity contribution in [2.75, 3.05) is 46.4 Å². The SMILES string of the molecule is COCCN1CCN(CC(c2ccccc2)c2ccccc2)CCC1=O. The molecule has 1 amide bonds. The predicted molar refractivity (Wildman–Crippen MR) is 104 cm³/mol. The number of nitrogens with zero attached hydrogens (tertiary/aromatic N) is 2. The van der Waals surface area contributed by atoms with Crippen molar-refractivity contribution in [3.8, 4) is 0 Å². The lowest BCUT2D eigenvalue weighted by atomic mass is 9.91. The number of rotatable bonds is 7. The molecule has 1 aliphatic rings. The van der Waals surface area contributed by atoms with Crippen LogP contribution >= 0.6 is 0 Å². The molecule has 0 saturated carbocycles. The summed E-state index contributed by atoms with van der Waals surface area (Å²) in [5.74, 6) is 0.554. The Bertz CT molecular complexity index is 636. The normalized spacial score (nSPS) is 16.1. The van der Waals surface area contributed by atoms with Crippen molar-refractivity contribution in [3.63, 3.8) is 0 Å². The number of hydrogen-bond donors (Lipinski definition) is 0. The fraction of sp³-hybridized carbons (Fsp3) is 0.409. The Morgan fingerprint density at radius 3 is 2.12 bits per heavy atom. The summed E-state index contributed by atoms with van der Waals surface area (Å²) in [5, 5.41) is 0. The van der Waals surface area contributed by atoms with E-state index in [4.69, 9.17) is 4.74 Å². The minimum atomic E-state index is 0.237. The van der Waals surface area contributed by atoms with E-state index in [-0.39, 0.29) is 5.91 Å². The van der Waals surface area contributed by atoms with Gasteiger partial charge < -0.3 is 14.5 Å². The summed E-state index contributed by atoms with van der Waals surface area (Å²) >= 11 is 0. The van der Waals surface area contributed by atoms with Crippen molar-refractivity contribution in [2.24, 2.45) is 0 Å². The first-order valence-corrected chi connectivity index (χ1v) is 9.37. The highest BCUT2D eigenvalue weighted by atomic mass is 16.5. The first-order valence-electron chi connectivity index (χ1n) is 9.37. The standard InChI is InChI=1S/C22H28N2O2/c1-26-17-16-24-15-14-23(13-12-22(24)25)18-21(19-8-4-2-5-9-19)20-10-6-3-7-11-20/h2-11,21H,12-18H2,1H3. The van der Waals surface area contributed by atoms with Crippen molar-refractivity contribution in [1.29, 1.82) is 0 Å². The molecule has 0 aromatic heterocycles. The number of carbonyl (C=O) groups excluding carboxylic acids is 1. The van der Waals surface area contributed by atoms with Gasteiger partial charge in [-0.3, -0.25) is 4.79 Å². The molecule has 0 bridgehead atoms. The maximum Gasteiger partial charge on any atom is 0.223 e. The summed E-state index contributed by atoms with van der Waals surface area (Å²) in [7, 11) is 1.68. The second-order valence-corrected chi connectivity index (χ2v) is 6.80. The van der Waals surface area contributed by atoms with E-state index in [9.17, 15) is 4.79 Å². The quantitative estimate of drug-likeness (QED) is 0.768. The Balaban J connectivity index is 1.72.